The molecule has 0 aliphatic carbocycles. The summed E-state index contributed by atoms with van der Waals surface area (Å²) in [5.41, 5.74) is 0. The van der Waals surface area contributed by atoms with Crippen molar-refractivity contribution >= 4 is 17.2 Å². The van der Waals surface area contributed by atoms with Gasteiger partial charge in [-0.1, -0.05) is 6.92 Å². The molecule has 0 rings (SSSR count). The first-order valence-corrected chi connectivity index (χ1v) is 3.20. The fourth-order valence-electron chi connectivity index (χ4n) is 0. The predicted octanol–water partition coefficient (Wildman–Crippen LogP) is -0.780. The van der Waals surface area contributed by atoms with Crippen LogP contribution in [-0.2, 0) is 16.1 Å². The molecule has 0 aliphatic heterocycles. The molecule has 0 fully saturated rings. The zero-order chi connectivity index (χ0) is 7.86. The van der Waals surface area contributed by atoms with Crippen LogP contribution < -0.4 is 5.14 Å². The summed E-state index contributed by atoms with van der Waals surface area (Å²) in [5, 5.41) is 11.8. The van der Waals surface area contributed by atoms with Gasteiger partial charge < -0.3 is 9.66 Å². The van der Waals surface area contributed by atoms with Gasteiger partial charge in [0.1, 0.15) is 0 Å². The number of hydrogen-bond acceptors (Lipinski definition) is 3. The minimum Gasteiger partial charge on any atom is -0.760 e. The smallest absolute Gasteiger partial charge is 0.303 e. The van der Waals surface area contributed by atoms with Gasteiger partial charge >= 0.3 is 5.97 Å². The van der Waals surface area contributed by atoms with Gasteiger partial charge in [0.05, 0.1) is 0 Å². The van der Waals surface area contributed by atoms with Gasteiger partial charge in [-0.3, -0.25) is 14.1 Å². The summed E-state index contributed by atoms with van der Waals surface area (Å²) in [7, 11) is 0. The molecule has 3 N–H and O–H groups in total. The van der Waals surface area contributed by atoms with Gasteiger partial charge in [0.15, 0.2) is 0 Å². The van der Waals surface area contributed by atoms with E-state index in [2.05, 4.69) is 5.14 Å². The Morgan fingerprint density at radius 3 is 2.00 bits per heavy atom. The molecule has 0 heterocycles. The number of carbonyl (C=O) groups is 1. The highest BCUT2D eigenvalue weighted by Crippen LogP contribution is 1.67. The van der Waals surface area contributed by atoms with Crippen LogP contribution in [0, 0.1) is 0 Å². The van der Waals surface area contributed by atoms with E-state index in [0.29, 0.717) is 0 Å². The lowest BCUT2D eigenvalue weighted by Crippen LogP contribution is -1.97. The number of aliphatic carboxylic acids is 1. The van der Waals surface area contributed by atoms with Crippen LogP contribution in [0.15, 0.2) is 0 Å². The van der Waals surface area contributed by atoms with Crippen molar-refractivity contribution in [2.45, 2.75) is 13.3 Å². The summed E-state index contributed by atoms with van der Waals surface area (Å²) >= 11 is -2.36. The summed E-state index contributed by atoms with van der Waals surface area (Å²) in [6.45, 7) is 1.60. The summed E-state index contributed by atoms with van der Waals surface area (Å²) in [6, 6.07) is 0. The van der Waals surface area contributed by atoms with Crippen LogP contribution >= 0.6 is 0 Å². The molecular weight excluding hydrogens is 146 g/mol. The van der Waals surface area contributed by atoms with Crippen LogP contribution in [0.4, 0.5) is 0 Å². The molecule has 0 aliphatic rings. The fourth-order valence-corrected chi connectivity index (χ4v) is 0. The van der Waals surface area contributed by atoms with Crippen molar-refractivity contribution in [2.75, 3.05) is 0 Å². The second-order valence-electron chi connectivity index (χ2n) is 1.01. The Morgan fingerprint density at radius 1 is 1.89 bits per heavy atom. The molecule has 1 atom stereocenters. The molecule has 0 aromatic carbocycles. The van der Waals surface area contributed by atoms with E-state index in [-0.39, 0.29) is 6.42 Å². The topological polar surface area (TPSA) is 103 Å². The third-order valence-electron chi connectivity index (χ3n) is 0.302. The number of nitrogens with two attached hydrogens (primary N) is 1. The van der Waals surface area contributed by atoms with Crippen molar-refractivity contribution < 1.29 is 18.7 Å². The quantitative estimate of drug-likeness (QED) is 0.483. The van der Waals surface area contributed by atoms with E-state index in [9.17, 15) is 4.79 Å². The first-order valence-electron chi connectivity index (χ1n) is 2.06. The SMILES string of the molecule is CCC(=O)O.NS(=O)[O-]. The minimum atomic E-state index is -2.36. The van der Waals surface area contributed by atoms with Gasteiger partial charge in [-0.15, -0.1) is 0 Å². The standard InChI is InChI=1S/C3H6O2.H3NO2S/c1-2-3(4)5;1-4(2)3/h2H2,1H3,(H,4,5);1H2,(H,2,3)/p-1. The van der Waals surface area contributed by atoms with Crippen molar-refractivity contribution in [1.29, 1.82) is 0 Å². The normalized spacial score (nSPS) is 11.0. The lowest BCUT2D eigenvalue weighted by atomic mass is 10.5. The molecule has 6 heteroatoms. The maximum Gasteiger partial charge on any atom is 0.303 e. The molecule has 1 unspecified atom stereocenters. The van der Waals surface area contributed by atoms with Crippen LogP contribution in [0.1, 0.15) is 13.3 Å². The zero-order valence-electron chi connectivity index (χ0n) is 4.86. The number of carboxylic acids is 1. The predicted molar refractivity (Wildman–Crippen MR) is 31.0 cm³/mol. The van der Waals surface area contributed by atoms with E-state index in [1.165, 1.54) is 0 Å². The van der Waals surface area contributed by atoms with E-state index >= 15 is 0 Å². The van der Waals surface area contributed by atoms with Crippen molar-refractivity contribution in [3.05, 3.63) is 0 Å². The van der Waals surface area contributed by atoms with Gasteiger partial charge in [-0.05, 0) is 0 Å². The van der Waals surface area contributed by atoms with Gasteiger partial charge in [-0.25, -0.2) is 0 Å². The fraction of sp³-hybridized carbons (Fsp3) is 0.667. The highest BCUT2D eigenvalue weighted by atomic mass is 32.2. The van der Waals surface area contributed by atoms with Gasteiger partial charge in [0.2, 0.25) is 0 Å². The molecule has 5 nitrogen and oxygen atoms in total. The van der Waals surface area contributed by atoms with Crippen LogP contribution in [-0.4, -0.2) is 19.8 Å². The Bertz CT molecular complexity index is 100.0. The Hall–Kier alpha value is -0.460. The van der Waals surface area contributed by atoms with Crippen molar-refractivity contribution in [3.8, 4) is 0 Å². The molecule has 9 heavy (non-hydrogen) atoms. The summed E-state index contributed by atoms with van der Waals surface area (Å²) in [4.78, 5) is 9.37. The Kier molecular flexibility index (Phi) is 9.51. The summed E-state index contributed by atoms with van der Waals surface area (Å²) in [6.07, 6.45) is 0.222. The van der Waals surface area contributed by atoms with Gasteiger partial charge in [0.25, 0.3) is 0 Å². The molecule has 0 aromatic heterocycles. The molecular formula is C3H8NO4S-. The summed E-state index contributed by atoms with van der Waals surface area (Å²) < 4.78 is 17.6. The molecule has 0 bridgehead atoms. The van der Waals surface area contributed by atoms with Crippen molar-refractivity contribution in [1.82, 2.24) is 0 Å². The zero-order valence-corrected chi connectivity index (χ0v) is 5.68. The third kappa shape index (κ3) is 97.6. The molecule has 0 saturated carbocycles. The minimum absolute atomic E-state index is 0.222. The van der Waals surface area contributed by atoms with Crippen molar-refractivity contribution in [2.24, 2.45) is 5.14 Å². The van der Waals surface area contributed by atoms with E-state index in [1.807, 2.05) is 0 Å². The largest absolute Gasteiger partial charge is 0.760 e. The van der Waals surface area contributed by atoms with Crippen LogP contribution in [0.2, 0.25) is 0 Å². The van der Waals surface area contributed by atoms with Gasteiger partial charge in [-0.2, -0.15) is 0 Å². The average molecular weight is 154 g/mol. The molecule has 0 spiro atoms. The van der Waals surface area contributed by atoms with Crippen LogP contribution in [0.5, 0.6) is 0 Å². The first kappa shape index (κ1) is 11.4. The van der Waals surface area contributed by atoms with Crippen LogP contribution in [0.3, 0.4) is 0 Å². The number of hydrogen-bond donors (Lipinski definition) is 2. The monoisotopic (exact) mass is 154 g/mol. The Labute approximate surface area is 55.3 Å². The van der Waals surface area contributed by atoms with E-state index in [1.54, 1.807) is 6.92 Å². The molecule has 0 radical (unpaired) electrons. The maximum absolute atomic E-state index is 9.37. The second kappa shape index (κ2) is 7.54. The maximum atomic E-state index is 9.37. The lowest BCUT2D eigenvalue weighted by molar-refractivity contribution is -0.136. The number of carboxylic acid groups (broad SMARTS) is 1. The highest BCUT2D eigenvalue weighted by molar-refractivity contribution is 7.76. The Morgan fingerprint density at radius 2 is 2.00 bits per heavy atom. The lowest BCUT2D eigenvalue weighted by Gasteiger charge is -1.85. The molecule has 56 valence electrons. The molecule has 0 aromatic rings. The molecule has 0 saturated heterocycles. The van der Waals surface area contributed by atoms with E-state index in [0.717, 1.165) is 0 Å². The van der Waals surface area contributed by atoms with E-state index in [4.69, 9.17) is 13.9 Å². The Balaban J connectivity index is 0. The number of rotatable bonds is 1. The molecule has 0 amide bonds. The average Bonchev–Trinajstić information content (AvgIpc) is 1.65. The van der Waals surface area contributed by atoms with Gasteiger partial charge in [0, 0.05) is 17.7 Å². The first-order chi connectivity index (χ1) is 4.00. The van der Waals surface area contributed by atoms with Crippen LogP contribution in [0.25, 0.3) is 0 Å². The summed E-state index contributed by atoms with van der Waals surface area (Å²) in [5.74, 6) is -0.745. The van der Waals surface area contributed by atoms with E-state index < -0.39 is 17.2 Å². The van der Waals surface area contributed by atoms with Crippen molar-refractivity contribution in [3.63, 3.8) is 0 Å². The second-order valence-corrected chi connectivity index (χ2v) is 1.53. The highest BCUT2D eigenvalue weighted by Gasteiger charge is 1.80. The third-order valence-corrected chi connectivity index (χ3v) is 0.302.